The predicted octanol–water partition coefficient (Wildman–Crippen LogP) is 8.24. The summed E-state index contributed by atoms with van der Waals surface area (Å²) in [7, 11) is 0. The molecule has 0 aromatic heterocycles. The van der Waals surface area contributed by atoms with E-state index in [2.05, 4.69) is 60.8 Å². The summed E-state index contributed by atoms with van der Waals surface area (Å²) in [6, 6.07) is 0. The fraction of sp³-hybridized carbons (Fsp3) is 0.583. The molecular formula is C24H38. The van der Waals surface area contributed by atoms with Gasteiger partial charge in [0.25, 0.3) is 0 Å². The summed E-state index contributed by atoms with van der Waals surface area (Å²) >= 11 is 0. The summed E-state index contributed by atoms with van der Waals surface area (Å²) in [5.74, 6) is 0. The highest BCUT2D eigenvalue weighted by atomic mass is 14.0. The first kappa shape index (κ1) is 20.7. The molecule has 0 unspecified atom stereocenters. The maximum atomic E-state index is 2.29. The molecule has 0 radical (unpaired) electrons. The van der Waals surface area contributed by atoms with E-state index < -0.39 is 0 Å². The Morgan fingerprint density at radius 1 is 0.250 bits per heavy atom. The third kappa shape index (κ3) is 15.6. The molecule has 0 N–H and O–H groups in total. The van der Waals surface area contributed by atoms with Gasteiger partial charge in [-0.15, -0.1) is 0 Å². The van der Waals surface area contributed by atoms with Crippen LogP contribution in [-0.4, -0.2) is 0 Å². The molecule has 0 spiro atoms. The van der Waals surface area contributed by atoms with Crippen LogP contribution in [0.5, 0.6) is 0 Å². The molecule has 0 bridgehead atoms. The van der Waals surface area contributed by atoms with E-state index >= 15 is 0 Å². The Kier molecular flexibility index (Phi) is 15.6. The lowest BCUT2D eigenvalue weighted by molar-refractivity contribution is 0.542. The number of hydrogen-bond donors (Lipinski definition) is 0. The van der Waals surface area contributed by atoms with E-state index in [1.165, 1.54) is 89.9 Å². The molecular weight excluding hydrogens is 288 g/mol. The lowest BCUT2D eigenvalue weighted by Gasteiger charge is -2.02. The van der Waals surface area contributed by atoms with Crippen molar-refractivity contribution < 1.29 is 0 Å². The molecule has 0 atom stereocenters. The Morgan fingerprint density at radius 2 is 0.500 bits per heavy atom. The molecule has 1 aliphatic rings. The first-order valence-corrected chi connectivity index (χ1v) is 10.3. The van der Waals surface area contributed by atoms with Crippen LogP contribution < -0.4 is 0 Å². The van der Waals surface area contributed by atoms with E-state index in [4.69, 9.17) is 0 Å². The Bertz CT molecular complexity index is 354. The van der Waals surface area contributed by atoms with Gasteiger partial charge in [0.2, 0.25) is 0 Å². The molecule has 0 heterocycles. The Labute approximate surface area is 151 Å². The molecule has 0 fully saturated rings. The van der Waals surface area contributed by atoms with E-state index in [1.807, 2.05) is 0 Å². The lowest BCUT2D eigenvalue weighted by atomic mass is 10.0. The van der Waals surface area contributed by atoms with E-state index in [-0.39, 0.29) is 0 Å². The topological polar surface area (TPSA) is 0 Å². The van der Waals surface area contributed by atoms with Gasteiger partial charge in [-0.25, -0.2) is 0 Å². The molecule has 0 amide bonds. The summed E-state index contributed by atoms with van der Waals surface area (Å²) in [5, 5.41) is 0. The van der Waals surface area contributed by atoms with Crippen molar-refractivity contribution in [1.29, 1.82) is 0 Å². The fourth-order valence-electron chi connectivity index (χ4n) is 3.03. The van der Waals surface area contributed by atoms with Gasteiger partial charge >= 0.3 is 0 Å². The van der Waals surface area contributed by atoms with Crippen LogP contribution in [0.25, 0.3) is 0 Å². The van der Waals surface area contributed by atoms with E-state index in [9.17, 15) is 0 Å². The second-order valence-electron chi connectivity index (χ2n) is 6.83. The summed E-state index contributed by atoms with van der Waals surface area (Å²) in [6.45, 7) is 0. The van der Waals surface area contributed by atoms with E-state index in [0.717, 1.165) is 0 Å². The highest BCUT2D eigenvalue weighted by Crippen LogP contribution is 2.13. The molecule has 0 aromatic rings. The van der Waals surface area contributed by atoms with Crippen LogP contribution in [-0.2, 0) is 0 Å². The summed E-state index contributed by atoms with van der Waals surface area (Å²) in [5.41, 5.74) is 0. The van der Waals surface area contributed by atoms with Gasteiger partial charge in [0.05, 0.1) is 0 Å². The van der Waals surface area contributed by atoms with Crippen LogP contribution in [0, 0.1) is 0 Å². The van der Waals surface area contributed by atoms with Gasteiger partial charge in [0.15, 0.2) is 0 Å². The van der Waals surface area contributed by atoms with Crippen LogP contribution in [0.2, 0.25) is 0 Å². The predicted molar refractivity (Wildman–Crippen MR) is 110 cm³/mol. The quantitative estimate of drug-likeness (QED) is 0.420. The van der Waals surface area contributed by atoms with Gasteiger partial charge in [-0.3, -0.25) is 0 Å². The van der Waals surface area contributed by atoms with Crippen molar-refractivity contribution in [1.82, 2.24) is 0 Å². The smallest absolute Gasteiger partial charge is 0.0348 e. The third-order valence-electron chi connectivity index (χ3n) is 4.54. The second-order valence-corrected chi connectivity index (χ2v) is 6.83. The second kappa shape index (κ2) is 18.0. The zero-order valence-corrected chi connectivity index (χ0v) is 15.7. The minimum absolute atomic E-state index is 1.22. The normalized spacial score (nSPS) is 26.0. The SMILES string of the molecule is C1=CCCCCCCCCCCCCCC/C=C/C=C/C=C\C=C\1. The van der Waals surface area contributed by atoms with Crippen molar-refractivity contribution in [3.05, 3.63) is 60.8 Å². The minimum atomic E-state index is 1.22. The average Bonchev–Trinajstić information content (AvgIpc) is 2.59. The minimum Gasteiger partial charge on any atom is -0.0845 e. The molecule has 24 heavy (non-hydrogen) atoms. The number of rotatable bonds is 0. The lowest BCUT2D eigenvalue weighted by Crippen LogP contribution is -1.82. The molecule has 0 aromatic carbocycles. The molecule has 0 aliphatic heterocycles. The number of hydrogen-bond acceptors (Lipinski definition) is 0. The van der Waals surface area contributed by atoms with Crippen molar-refractivity contribution in [3.63, 3.8) is 0 Å². The Balaban J connectivity index is 2.25. The summed E-state index contributed by atoms with van der Waals surface area (Å²) < 4.78 is 0. The van der Waals surface area contributed by atoms with Crippen molar-refractivity contribution in [2.75, 3.05) is 0 Å². The average molecular weight is 327 g/mol. The van der Waals surface area contributed by atoms with Crippen molar-refractivity contribution >= 4 is 0 Å². The van der Waals surface area contributed by atoms with Crippen molar-refractivity contribution in [2.45, 2.75) is 89.9 Å². The molecule has 1 aliphatic carbocycles. The molecule has 0 saturated heterocycles. The highest BCUT2D eigenvalue weighted by Gasteiger charge is 1.93. The Hall–Kier alpha value is -1.30. The molecule has 0 heteroatoms. The first-order valence-electron chi connectivity index (χ1n) is 10.3. The van der Waals surface area contributed by atoms with Crippen molar-refractivity contribution in [2.24, 2.45) is 0 Å². The van der Waals surface area contributed by atoms with Gasteiger partial charge in [-0.1, -0.05) is 125 Å². The van der Waals surface area contributed by atoms with Crippen LogP contribution in [0.15, 0.2) is 60.8 Å². The monoisotopic (exact) mass is 326 g/mol. The highest BCUT2D eigenvalue weighted by molar-refractivity contribution is 5.17. The van der Waals surface area contributed by atoms with Crippen LogP contribution in [0.3, 0.4) is 0 Å². The van der Waals surface area contributed by atoms with Crippen LogP contribution in [0.1, 0.15) is 89.9 Å². The molecule has 0 saturated carbocycles. The van der Waals surface area contributed by atoms with Crippen LogP contribution in [0.4, 0.5) is 0 Å². The molecule has 1 rings (SSSR count). The third-order valence-corrected chi connectivity index (χ3v) is 4.54. The van der Waals surface area contributed by atoms with Crippen LogP contribution >= 0.6 is 0 Å². The van der Waals surface area contributed by atoms with Gasteiger partial charge < -0.3 is 0 Å². The number of allylic oxidation sites excluding steroid dienone is 10. The Morgan fingerprint density at radius 3 is 0.833 bits per heavy atom. The summed E-state index contributed by atoms with van der Waals surface area (Å²) in [4.78, 5) is 0. The standard InChI is InChI=1S/C24H38/c1-2-4-6-8-10-12-14-16-18-20-22-24-23-21-19-17-15-13-11-9-7-5-3-1/h1-10H,11-24H2/b2-1-,5-3+,6-4+,9-7+,10-8?. The summed E-state index contributed by atoms with van der Waals surface area (Å²) in [6.07, 6.45) is 41.0. The zero-order chi connectivity index (χ0) is 17.0. The maximum absolute atomic E-state index is 2.29. The zero-order valence-electron chi connectivity index (χ0n) is 15.7. The maximum Gasteiger partial charge on any atom is -0.0348 e. The van der Waals surface area contributed by atoms with E-state index in [0.29, 0.717) is 0 Å². The van der Waals surface area contributed by atoms with E-state index in [1.54, 1.807) is 0 Å². The largest absolute Gasteiger partial charge is 0.0845 e. The van der Waals surface area contributed by atoms with Crippen molar-refractivity contribution in [3.8, 4) is 0 Å². The fourth-order valence-corrected chi connectivity index (χ4v) is 3.03. The van der Waals surface area contributed by atoms with Gasteiger partial charge in [-0.2, -0.15) is 0 Å². The van der Waals surface area contributed by atoms with Gasteiger partial charge in [0.1, 0.15) is 0 Å². The molecule has 0 nitrogen and oxygen atoms in total. The van der Waals surface area contributed by atoms with Gasteiger partial charge in [-0.05, 0) is 25.7 Å². The first-order chi connectivity index (χ1) is 12.0. The van der Waals surface area contributed by atoms with Gasteiger partial charge in [0, 0.05) is 0 Å². The molecule has 134 valence electrons.